The van der Waals surface area contributed by atoms with Crippen LogP contribution in [0.1, 0.15) is 117 Å². The Hall–Kier alpha value is 1.14. The predicted molar refractivity (Wildman–Crippen MR) is 130 cm³/mol. The zero-order valence-corrected chi connectivity index (χ0v) is 20.7. The van der Waals surface area contributed by atoms with E-state index < -0.39 is 13.8 Å². The Balaban J connectivity index is -0.00000125. The van der Waals surface area contributed by atoms with Crippen LogP contribution in [0.2, 0.25) is 0 Å². The second-order valence-electron chi connectivity index (χ2n) is 8.03. The van der Waals surface area contributed by atoms with Crippen LogP contribution < -0.4 is 0 Å². The Kier molecular flexibility index (Phi) is 31.5. The van der Waals surface area contributed by atoms with Gasteiger partial charge >= 0.3 is 65.2 Å². The van der Waals surface area contributed by atoms with Crippen LogP contribution in [0.15, 0.2) is 0 Å². The van der Waals surface area contributed by atoms with Crippen molar-refractivity contribution in [2.24, 2.45) is 0 Å². The van der Waals surface area contributed by atoms with Crippen molar-refractivity contribution in [3.63, 3.8) is 0 Å². The molecule has 0 aromatic rings. The van der Waals surface area contributed by atoms with Gasteiger partial charge in [-0.1, -0.05) is 90.9 Å². The average Bonchev–Trinajstić information content (AvgIpc) is 2.67. The molecule has 0 saturated heterocycles. The van der Waals surface area contributed by atoms with Gasteiger partial charge in [0.05, 0.1) is 6.10 Å². The first-order valence-corrected chi connectivity index (χ1v) is 13.4. The van der Waals surface area contributed by atoms with Crippen molar-refractivity contribution in [1.29, 1.82) is 0 Å². The molecule has 190 valence electrons. The van der Waals surface area contributed by atoms with Gasteiger partial charge in [0.2, 0.25) is 0 Å². The van der Waals surface area contributed by atoms with Crippen LogP contribution in [0.25, 0.3) is 0 Å². The van der Waals surface area contributed by atoms with Gasteiger partial charge in [-0.05, 0) is 26.2 Å². The van der Waals surface area contributed by atoms with E-state index in [1.165, 1.54) is 77.0 Å². The quantitative estimate of drug-likeness (QED) is 0.0766. The van der Waals surface area contributed by atoms with Crippen molar-refractivity contribution < 1.29 is 38.6 Å². The minimum absolute atomic E-state index is 0. The van der Waals surface area contributed by atoms with Crippen molar-refractivity contribution in [2.45, 2.75) is 129 Å². The fourth-order valence-corrected chi connectivity index (χ4v) is 3.04. The summed E-state index contributed by atoms with van der Waals surface area (Å²) in [6, 6.07) is 0. The molecule has 0 fully saturated rings. The zero-order valence-electron chi connectivity index (χ0n) is 19.8. The van der Waals surface area contributed by atoms with E-state index in [1.54, 1.807) is 0 Å². The topological polar surface area (TPSA) is 134 Å². The third kappa shape index (κ3) is 38.4. The second kappa shape index (κ2) is 26.7. The molecule has 4 N–H and O–H groups in total. The van der Waals surface area contributed by atoms with Crippen molar-refractivity contribution in [1.82, 2.24) is 0 Å². The predicted octanol–water partition coefficient (Wildman–Crippen LogP) is 5.13. The van der Waals surface area contributed by atoms with Gasteiger partial charge in [0, 0.05) is 0 Å². The number of carboxylic acids is 1. The number of ether oxygens (including phenoxy) is 2. The summed E-state index contributed by atoms with van der Waals surface area (Å²) in [6.45, 7) is 6.05. The summed E-state index contributed by atoms with van der Waals surface area (Å²) in [5, 5.41) is 8.76. The summed E-state index contributed by atoms with van der Waals surface area (Å²) in [4.78, 5) is 32.2. The number of carbonyl (C=O) groups is 1. The standard InChI is InChI=1S/C22H44O4.K.H3O4P.H/c1-4-6-7-8-9-10-11-12-13-14-15-16-17-18-22(25-19-21(23)24)26-20(3)5-2;;1-5(2,3)4;/h20,22H,4-19H2,1-3H3,(H,23,24);;(H3,1,2,3,4);. The molecule has 0 radical (unpaired) electrons. The summed E-state index contributed by atoms with van der Waals surface area (Å²) in [5.41, 5.74) is 0. The van der Waals surface area contributed by atoms with Gasteiger partial charge < -0.3 is 29.3 Å². The SMILES string of the molecule is CCCCCCCCCCCCCCCC(OCC(=O)O)OC(C)CC.O=P(O)(O)O.[KH]. The van der Waals surface area contributed by atoms with E-state index in [0.29, 0.717) is 0 Å². The van der Waals surface area contributed by atoms with E-state index in [-0.39, 0.29) is 70.4 Å². The molecule has 2 unspecified atom stereocenters. The molecule has 32 heavy (non-hydrogen) atoms. The first-order valence-electron chi connectivity index (χ1n) is 11.9. The van der Waals surface area contributed by atoms with Gasteiger partial charge in [-0.2, -0.15) is 0 Å². The molecule has 0 aliphatic rings. The van der Waals surface area contributed by atoms with Crippen molar-refractivity contribution in [2.75, 3.05) is 6.61 Å². The third-order valence-electron chi connectivity index (χ3n) is 4.90. The van der Waals surface area contributed by atoms with Crippen LogP contribution >= 0.6 is 7.82 Å². The summed E-state index contributed by atoms with van der Waals surface area (Å²) in [5.74, 6) is -0.937. The molecule has 0 aliphatic heterocycles. The number of hydrogen-bond acceptors (Lipinski definition) is 4. The maximum absolute atomic E-state index is 10.7. The summed E-state index contributed by atoms with van der Waals surface area (Å²) in [7, 11) is -4.64. The molecule has 2 atom stereocenters. The zero-order chi connectivity index (χ0) is 24.0. The van der Waals surface area contributed by atoms with E-state index in [0.717, 1.165) is 19.3 Å². The van der Waals surface area contributed by atoms with Crippen LogP contribution in [-0.4, -0.2) is 96.1 Å². The Morgan fingerprint density at radius 1 is 0.812 bits per heavy atom. The van der Waals surface area contributed by atoms with Crippen LogP contribution in [0.5, 0.6) is 0 Å². The van der Waals surface area contributed by atoms with Gasteiger partial charge in [-0.15, -0.1) is 0 Å². The monoisotopic (exact) mass is 510 g/mol. The normalized spacial score (nSPS) is 12.9. The number of rotatable bonds is 20. The fraction of sp³-hybridized carbons (Fsp3) is 0.955. The van der Waals surface area contributed by atoms with E-state index >= 15 is 0 Å². The Morgan fingerprint density at radius 3 is 1.53 bits per heavy atom. The van der Waals surface area contributed by atoms with Crippen molar-refractivity contribution in [3.8, 4) is 0 Å². The first kappa shape index (κ1) is 37.7. The fourth-order valence-electron chi connectivity index (χ4n) is 3.04. The van der Waals surface area contributed by atoms with E-state index in [1.807, 2.05) is 6.92 Å². The van der Waals surface area contributed by atoms with Crippen molar-refractivity contribution in [3.05, 3.63) is 0 Å². The van der Waals surface area contributed by atoms with Gasteiger partial charge in [-0.25, -0.2) is 9.36 Å². The Morgan fingerprint density at radius 2 is 1.19 bits per heavy atom. The molecule has 0 spiro atoms. The number of carboxylic acid groups (broad SMARTS) is 1. The average molecular weight is 511 g/mol. The summed E-state index contributed by atoms with van der Waals surface area (Å²) in [6.07, 6.45) is 18.7. The van der Waals surface area contributed by atoms with E-state index in [2.05, 4.69) is 13.8 Å². The molecular weight excluding hydrogens is 462 g/mol. The van der Waals surface area contributed by atoms with Crippen LogP contribution in [0.3, 0.4) is 0 Å². The molecule has 8 nitrogen and oxygen atoms in total. The summed E-state index contributed by atoms with van der Waals surface area (Å²) < 4.78 is 20.0. The number of aliphatic carboxylic acids is 1. The van der Waals surface area contributed by atoms with Gasteiger partial charge in [-0.3, -0.25) is 0 Å². The maximum atomic E-state index is 10.7. The van der Waals surface area contributed by atoms with Gasteiger partial charge in [0.15, 0.2) is 6.29 Å². The molecule has 0 rings (SSSR count). The van der Waals surface area contributed by atoms with Crippen LogP contribution in [-0.2, 0) is 18.8 Å². The Bertz CT molecular complexity index is 439. The van der Waals surface area contributed by atoms with Crippen LogP contribution in [0.4, 0.5) is 0 Å². The molecular formula is C22H48KO8P. The molecule has 0 bridgehead atoms. The van der Waals surface area contributed by atoms with Crippen LogP contribution in [0, 0.1) is 0 Å². The summed E-state index contributed by atoms with van der Waals surface area (Å²) >= 11 is 0. The van der Waals surface area contributed by atoms with Gasteiger partial charge in [0.1, 0.15) is 6.61 Å². The first-order chi connectivity index (χ1) is 14.6. The van der Waals surface area contributed by atoms with Gasteiger partial charge in [0.25, 0.3) is 0 Å². The molecule has 0 amide bonds. The number of hydrogen-bond donors (Lipinski definition) is 4. The molecule has 0 aromatic heterocycles. The van der Waals surface area contributed by atoms with Crippen molar-refractivity contribution >= 4 is 65.2 Å². The third-order valence-corrected chi connectivity index (χ3v) is 4.90. The molecule has 10 heteroatoms. The molecule has 0 aliphatic carbocycles. The second-order valence-corrected chi connectivity index (χ2v) is 9.06. The Labute approximate surface area is 237 Å². The molecule has 0 aromatic carbocycles. The molecule has 0 heterocycles. The van der Waals surface area contributed by atoms with E-state index in [4.69, 9.17) is 33.8 Å². The minimum atomic E-state index is -4.64. The molecule has 0 saturated carbocycles. The van der Waals surface area contributed by atoms with E-state index in [9.17, 15) is 4.79 Å². The number of phosphoric acid groups is 1. The number of unbranched alkanes of at least 4 members (excludes halogenated alkanes) is 12.